The molecule has 0 aliphatic heterocycles. The van der Waals surface area contributed by atoms with Crippen LogP contribution >= 0.6 is 0 Å². The summed E-state index contributed by atoms with van der Waals surface area (Å²) in [5.41, 5.74) is 0. The summed E-state index contributed by atoms with van der Waals surface area (Å²) in [4.78, 5) is 37.2. The third-order valence-electron chi connectivity index (χ3n) is 8.79. The van der Waals surface area contributed by atoms with Crippen molar-refractivity contribution in [3.8, 4) is 0 Å². The van der Waals surface area contributed by atoms with E-state index in [0.717, 1.165) is 70.1 Å². The fraction of sp³-hybridized carbons (Fsp3) is 0.925. The van der Waals surface area contributed by atoms with Gasteiger partial charge < -0.3 is 14.2 Å². The first kappa shape index (κ1) is 44.4. The molecule has 0 aromatic carbocycles. The summed E-state index contributed by atoms with van der Waals surface area (Å²) in [6.45, 7) is 8.86. The van der Waals surface area contributed by atoms with Crippen molar-refractivity contribution in [2.45, 2.75) is 220 Å². The minimum Gasteiger partial charge on any atom is -0.462 e. The lowest BCUT2D eigenvalue weighted by Gasteiger charge is -2.18. The molecular formula is C40H76O6. The number of esters is 3. The van der Waals surface area contributed by atoms with Gasteiger partial charge in [0, 0.05) is 19.3 Å². The van der Waals surface area contributed by atoms with E-state index in [1.165, 1.54) is 103 Å². The molecule has 272 valence electrons. The Labute approximate surface area is 285 Å². The maximum absolute atomic E-state index is 12.6. The SMILES string of the molecule is CCCCCCCCCCCCCC(=O)O[C@@H](COC(=O)CCCCCCC)COC(=O)CCCCCCCCCCCC(C)C. The summed E-state index contributed by atoms with van der Waals surface area (Å²) in [7, 11) is 0. The number of rotatable bonds is 35. The number of unbranched alkanes of at least 4 members (excludes halogenated alkanes) is 22. The molecule has 0 unspecified atom stereocenters. The third kappa shape index (κ3) is 33.8. The quantitative estimate of drug-likeness (QED) is 0.0385. The fourth-order valence-corrected chi connectivity index (χ4v) is 5.74. The van der Waals surface area contributed by atoms with Crippen molar-refractivity contribution in [2.75, 3.05) is 13.2 Å². The normalized spacial score (nSPS) is 11.9. The van der Waals surface area contributed by atoms with Gasteiger partial charge in [-0.15, -0.1) is 0 Å². The summed E-state index contributed by atoms with van der Waals surface area (Å²) in [5, 5.41) is 0. The highest BCUT2D eigenvalue weighted by molar-refractivity contribution is 5.71. The molecule has 0 saturated heterocycles. The van der Waals surface area contributed by atoms with Gasteiger partial charge in [0.25, 0.3) is 0 Å². The van der Waals surface area contributed by atoms with E-state index in [0.29, 0.717) is 19.3 Å². The van der Waals surface area contributed by atoms with E-state index in [9.17, 15) is 14.4 Å². The van der Waals surface area contributed by atoms with E-state index >= 15 is 0 Å². The average molecular weight is 653 g/mol. The molecule has 0 radical (unpaired) electrons. The summed E-state index contributed by atoms with van der Waals surface area (Å²) < 4.78 is 16.5. The van der Waals surface area contributed by atoms with E-state index in [-0.39, 0.29) is 31.1 Å². The van der Waals surface area contributed by atoms with Crippen LogP contribution in [0.2, 0.25) is 0 Å². The molecule has 0 heterocycles. The van der Waals surface area contributed by atoms with Crippen LogP contribution in [0, 0.1) is 5.92 Å². The number of hydrogen-bond acceptors (Lipinski definition) is 6. The Balaban J connectivity index is 4.26. The van der Waals surface area contributed by atoms with E-state index in [2.05, 4.69) is 27.7 Å². The van der Waals surface area contributed by atoms with Crippen molar-refractivity contribution >= 4 is 17.9 Å². The summed E-state index contributed by atoms with van der Waals surface area (Å²) in [6.07, 6.45) is 31.1. The molecular weight excluding hydrogens is 576 g/mol. The van der Waals surface area contributed by atoms with Crippen LogP contribution in [0.3, 0.4) is 0 Å². The van der Waals surface area contributed by atoms with Crippen LogP contribution in [0.1, 0.15) is 214 Å². The molecule has 6 nitrogen and oxygen atoms in total. The minimum absolute atomic E-state index is 0.0661. The molecule has 1 atom stereocenters. The van der Waals surface area contributed by atoms with Gasteiger partial charge in [-0.1, -0.05) is 175 Å². The van der Waals surface area contributed by atoms with Crippen molar-refractivity contribution in [3.63, 3.8) is 0 Å². The van der Waals surface area contributed by atoms with Gasteiger partial charge in [0.15, 0.2) is 6.10 Å². The highest BCUT2D eigenvalue weighted by atomic mass is 16.6. The second kappa shape index (κ2) is 34.7. The Kier molecular flexibility index (Phi) is 33.5. The summed E-state index contributed by atoms with van der Waals surface area (Å²) >= 11 is 0. The van der Waals surface area contributed by atoms with Gasteiger partial charge in [-0.05, 0) is 25.2 Å². The van der Waals surface area contributed by atoms with Gasteiger partial charge >= 0.3 is 17.9 Å². The predicted octanol–water partition coefficient (Wildman–Crippen LogP) is 12.0. The van der Waals surface area contributed by atoms with E-state index < -0.39 is 6.10 Å². The zero-order chi connectivity index (χ0) is 33.9. The minimum atomic E-state index is -0.756. The zero-order valence-corrected chi connectivity index (χ0v) is 31.0. The Hall–Kier alpha value is -1.59. The molecule has 0 bridgehead atoms. The Morgan fingerprint density at radius 2 is 0.717 bits per heavy atom. The largest absolute Gasteiger partial charge is 0.462 e. The molecule has 0 aromatic rings. The van der Waals surface area contributed by atoms with Crippen LogP contribution in [0.25, 0.3) is 0 Å². The smallest absolute Gasteiger partial charge is 0.306 e. The molecule has 0 fully saturated rings. The molecule has 46 heavy (non-hydrogen) atoms. The van der Waals surface area contributed by atoms with E-state index in [1.54, 1.807) is 0 Å². The summed E-state index contributed by atoms with van der Waals surface area (Å²) in [6, 6.07) is 0. The molecule has 0 aliphatic carbocycles. The Morgan fingerprint density at radius 1 is 0.413 bits per heavy atom. The topological polar surface area (TPSA) is 78.9 Å². The molecule has 0 aromatic heterocycles. The van der Waals surface area contributed by atoms with Gasteiger partial charge in [0.05, 0.1) is 0 Å². The van der Waals surface area contributed by atoms with Crippen molar-refractivity contribution in [2.24, 2.45) is 5.92 Å². The van der Waals surface area contributed by atoms with E-state index in [4.69, 9.17) is 14.2 Å². The van der Waals surface area contributed by atoms with Gasteiger partial charge in [0.2, 0.25) is 0 Å². The first-order valence-electron chi connectivity index (χ1n) is 19.9. The van der Waals surface area contributed by atoms with Gasteiger partial charge in [-0.2, -0.15) is 0 Å². The lowest BCUT2D eigenvalue weighted by molar-refractivity contribution is -0.167. The van der Waals surface area contributed by atoms with E-state index in [1.807, 2.05) is 0 Å². The number of carbonyl (C=O) groups is 3. The lowest BCUT2D eigenvalue weighted by atomic mass is 10.0. The van der Waals surface area contributed by atoms with Crippen molar-refractivity contribution < 1.29 is 28.6 Å². The highest BCUT2D eigenvalue weighted by Gasteiger charge is 2.19. The lowest BCUT2D eigenvalue weighted by Crippen LogP contribution is -2.30. The monoisotopic (exact) mass is 653 g/mol. The number of hydrogen-bond donors (Lipinski definition) is 0. The van der Waals surface area contributed by atoms with Gasteiger partial charge in [0.1, 0.15) is 13.2 Å². The average Bonchev–Trinajstić information content (AvgIpc) is 3.03. The van der Waals surface area contributed by atoms with Gasteiger partial charge in [-0.25, -0.2) is 0 Å². The highest BCUT2D eigenvalue weighted by Crippen LogP contribution is 2.15. The van der Waals surface area contributed by atoms with Crippen LogP contribution in [0.5, 0.6) is 0 Å². The second-order valence-electron chi connectivity index (χ2n) is 14.0. The van der Waals surface area contributed by atoms with Crippen molar-refractivity contribution in [3.05, 3.63) is 0 Å². The van der Waals surface area contributed by atoms with Crippen molar-refractivity contribution in [1.82, 2.24) is 0 Å². The molecule has 0 rings (SSSR count). The number of ether oxygens (including phenoxy) is 3. The van der Waals surface area contributed by atoms with Crippen LogP contribution in [0.4, 0.5) is 0 Å². The van der Waals surface area contributed by atoms with Crippen LogP contribution in [-0.4, -0.2) is 37.2 Å². The molecule has 6 heteroatoms. The number of carbonyl (C=O) groups excluding carboxylic acids is 3. The maximum Gasteiger partial charge on any atom is 0.306 e. The van der Waals surface area contributed by atoms with Crippen molar-refractivity contribution in [1.29, 1.82) is 0 Å². The van der Waals surface area contributed by atoms with Crippen LogP contribution in [0.15, 0.2) is 0 Å². The zero-order valence-electron chi connectivity index (χ0n) is 31.0. The maximum atomic E-state index is 12.6. The molecule has 0 spiro atoms. The standard InChI is InChI=1S/C40H76O6/c1-5-7-9-11-12-13-14-17-21-25-29-33-40(43)46-37(34-44-38(41)31-27-22-10-8-6-2)35-45-39(42)32-28-24-20-18-15-16-19-23-26-30-36(3)4/h36-37H,5-35H2,1-4H3/t37-/m0/s1. The second-order valence-corrected chi connectivity index (χ2v) is 14.0. The van der Waals surface area contributed by atoms with Crippen LogP contribution < -0.4 is 0 Å². The predicted molar refractivity (Wildman–Crippen MR) is 192 cm³/mol. The molecule has 0 aliphatic rings. The van der Waals surface area contributed by atoms with Gasteiger partial charge in [-0.3, -0.25) is 14.4 Å². The molecule has 0 saturated carbocycles. The Morgan fingerprint density at radius 3 is 1.07 bits per heavy atom. The van der Waals surface area contributed by atoms with Crippen LogP contribution in [-0.2, 0) is 28.6 Å². The Bertz CT molecular complexity index is 691. The summed E-state index contributed by atoms with van der Waals surface area (Å²) in [5.74, 6) is -0.0692. The first-order chi connectivity index (χ1) is 22.4. The first-order valence-corrected chi connectivity index (χ1v) is 19.9. The molecule has 0 amide bonds. The molecule has 0 N–H and O–H groups in total. The fourth-order valence-electron chi connectivity index (χ4n) is 5.74. The third-order valence-corrected chi connectivity index (χ3v) is 8.79.